The Kier molecular flexibility index (Phi) is 4.53. The van der Waals surface area contributed by atoms with Crippen LogP contribution < -0.4 is 5.32 Å². The molecule has 1 N–H and O–H groups in total. The van der Waals surface area contributed by atoms with Crippen molar-refractivity contribution in [1.82, 2.24) is 0 Å². The molecule has 0 saturated carbocycles. The highest BCUT2D eigenvalue weighted by atomic mass is 16.1. The number of para-hydroxylation sites is 1. The van der Waals surface area contributed by atoms with E-state index >= 15 is 0 Å². The molecule has 21 heavy (non-hydrogen) atoms. The van der Waals surface area contributed by atoms with Crippen molar-refractivity contribution in [2.45, 2.75) is 13.8 Å². The maximum absolute atomic E-state index is 12.2. The van der Waals surface area contributed by atoms with E-state index in [1.807, 2.05) is 68.4 Å². The third kappa shape index (κ3) is 3.58. The van der Waals surface area contributed by atoms with Crippen LogP contribution in [-0.4, -0.2) is 5.91 Å². The molecule has 0 aliphatic carbocycles. The van der Waals surface area contributed by atoms with Crippen molar-refractivity contribution >= 4 is 17.7 Å². The van der Waals surface area contributed by atoms with E-state index in [0.717, 1.165) is 16.7 Å². The van der Waals surface area contributed by atoms with Crippen LogP contribution in [0.2, 0.25) is 0 Å². The zero-order chi connectivity index (χ0) is 15.2. The summed E-state index contributed by atoms with van der Waals surface area (Å²) in [5, 5.41) is 12.0. The lowest BCUT2D eigenvalue weighted by Gasteiger charge is -2.07. The molecule has 2 aromatic rings. The van der Waals surface area contributed by atoms with E-state index in [2.05, 4.69) is 5.32 Å². The number of carbonyl (C=O) groups is 1. The normalized spacial score (nSPS) is 10.8. The Morgan fingerprint density at radius 1 is 1.05 bits per heavy atom. The van der Waals surface area contributed by atoms with Gasteiger partial charge in [-0.3, -0.25) is 4.79 Å². The monoisotopic (exact) mass is 276 g/mol. The zero-order valence-electron chi connectivity index (χ0n) is 12.1. The van der Waals surface area contributed by atoms with Gasteiger partial charge < -0.3 is 5.32 Å². The summed E-state index contributed by atoms with van der Waals surface area (Å²) >= 11 is 0. The minimum absolute atomic E-state index is 0.0903. The van der Waals surface area contributed by atoms with Gasteiger partial charge in [-0.2, -0.15) is 5.26 Å². The molecule has 0 aromatic heterocycles. The maximum atomic E-state index is 12.2. The summed E-state index contributed by atoms with van der Waals surface area (Å²) in [6.45, 7) is 3.85. The number of hydrogen-bond acceptors (Lipinski definition) is 2. The predicted molar refractivity (Wildman–Crippen MR) is 84.6 cm³/mol. The maximum Gasteiger partial charge on any atom is 0.266 e. The molecular formula is C18H16N2O. The highest BCUT2D eigenvalue weighted by Crippen LogP contribution is 2.16. The summed E-state index contributed by atoms with van der Waals surface area (Å²) < 4.78 is 0. The molecule has 0 fully saturated rings. The van der Waals surface area contributed by atoms with E-state index in [0.29, 0.717) is 5.69 Å². The summed E-state index contributed by atoms with van der Waals surface area (Å²) in [7, 11) is 0. The van der Waals surface area contributed by atoms with E-state index < -0.39 is 5.91 Å². The smallest absolute Gasteiger partial charge is 0.266 e. The van der Waals surface area contributed by atoms with Gasteiger partial charge >= 0.3 is 0 Å². The van der Waals surface area contributed by atoms with Crippen molar-refractivity contribution in [3.8, 4) is 6.07 Å². The third-order valence-corrected chi connectivity index (χ3v) is 3.25. The van der Waals surface area contributed by atoms with Crippen molar-refractivity contribution in [2.75, 3.05) is 5.32 Å². The van der Waals surface area contributed by atoms with Gasteiger partial charge in [-0.1, -0.05) is 42.5 Å². The average Bonchev–Trinajstić information content (AvgIpc) is 2.48. The van der Waals surface area contributed by atoms with Gasteiger partial charge in [-0.05, 0) is 42.7 Å². The van der Waals surface area contributed by atoms with Gasteiger partial charge in [-0.15, -0.1) is 0 Å². The van der Waals surface area contributed by atoms with Crippen LogP contribution in [0.3, 0.4) is 0 Å². The molecule has 2 rings (SSSR count). The summed E-state index contributed by atoms with van der Waals surface area (Å²) in [5.41, 5.74) is 3.66. The summed E-state index contributed by atoms with van der Waals surface area (Å²) in [4.78, 5) is 12.2. The number of hydrogen-bond donors (Lipinski definition) is 1. The fraction of sp³-hybridized carbons (Fsp3) is 0.111. The number of benzene rings is 2. The highest BCUT2D eigenvalue weighted by Gasteiger charge is 2.10. The van der Waals surface area contributed by atoms with Crippen LogP contribution in [0.4, 0.5) is 5.69 Å². The second kappa shape index (κ2) is 6.53. The van der Waals surface area contributed by atoms with Gasteiger partial charge in [0.1, 0.15) is 11.6 Å². The lowest BCUT2D eigenvalue weighted by Crippen LogP contribution is -2.14. The molecule has 0 saturated heterocycles. The summed E-state index contributed by atoms with van der Waals surface area (Å²) in [5.74, 6) is -0.393. The number of aryl methyl sites for hydroxylation is 2. The number of nitriles is 1. The van der Waals surface area contributed by atoms with Crippen molar-refractivity contribution in [2.24, 2.45) is 0 Å². The molecule has 1 amide bonds. The number of anilines is 1. The Labute approximate surface area is 124 Å². The Bertz CT molecular complexity index is 739. The van der Waals surface area contributed by atoms with E-state index in [1.165, 1.54) is 0 Å². The summed E-state index contributed by atoms with van der Waals surface area (Å²) in [6, 6.07) is 17.1. The minimum atomic E-state index is -0.393. The SMILES string of the molecule is Cc1ccccc1/C=C(\C#N)C(=O)Nc1ccccc1C. The van der Waals surface area contributed by atoms with E-state index in [1.54, 1.807) is 6.08 Å². The van der Waals surface area contributed by atoms with Crippen LogP contribution in [-0.2, 0) is 4.79 Å². The zero-order valence-corrected chi connectivity index (χ0v) is 12.1. The Morgan fingerprint density at radius 3 is 2.29 bits per heavy atom. The quantitative estimate of drug-likeness (QED) is 0.684. The number of nitrogens with zero attached hydrogens (tertiary/aromatic N) is 1. The number of carbonyl (C=O) groups excluding carboxylic acids is 1. The number of nitrogens with one attached hydrogen (secondary N) is 1. The number of rotatable bonds is 3. The molecule has 0 aliphatic heterocycles. The van der Waals surface area contributed by atoms with Crippen LogP contribution in [0.5, 0.6) is 0 Å². The largest absolute Gasteiger partial charge is 0.321 e. The molecule has 0 spiro atoms. The highest BCUT2D eigenvalue weighted by molar-refractivity contribution is 6.10. The standard InChI is InChI=1S/C18H16N2O/c1-13-7-3-5-9-15(13)11-16(12-19)18(21)20-17-10-6-4-8-14(17)2/h3-11H,1-2H3,(H,20,21)/b16-11+. The van der Waals surface area contributed by atoms with Crippen LogP contribution in [0.25, 0.3) is 6.08 Å². The molecule has 0 aliphatic rings. The van der Waals surface area contributed by atoms with Crippen molar-refractivity contribution < 1.29 is 4.79 Å². The first-order chi connectivity index (χ1) is 10.1. The first-order valence-electron chi connectivity index (χ1n) is 6.66. The van der Waals surface area contributed by atoms with Crippen LogP contribution in [0, 0.1) is 25.2 Å². The lowest BCUT2D eigenvalue weighted by atomic mass is 10.1. The van der Waals surface area contributed by atoms with Gasteiger partial charge in [0.05, 0.1) is 0 Å². The molecule has 0 atom stereocenters. The topological polar surface area (TPSA) is 52.9 Å². The summed E-state index contributed by atoms with van der Waals surface area (Å²) in [6.07, 6.45) is 1.61. The Balaban J connectivity index is 2.26. The molecule has 0 unspecified atom stereocenters. The second-order valence-corrected chi connectivity index (χ2v) is 4.80. The van der Waals surface area contributed by atoms with Crippen LogP contribution >= 0.6 is 0 Å². The third-order valence-electron chi connectivity index (χ3n) is 3.25. The Hall–Kier alpha value is -2.86. The van der Waals surface area contributed by atoms with Crippen molar-refractivity contribution in [3.63, 3.8) is 0 Å². The van der Waals surface area contributed by atoms with Gasteiger partial charge in [0.15, 0.2) is 0 Å². The second-order valence-electron chi connectivity index (χ2n) is 4.80. The molecule has 3 heteroatoms. The van der Waals surface area contributed by atoms with Crippen molar-refractivity contribution in [1.29, 1.82) is 5.26 Å². The molecule has 0 heterocycles. The van der Waals surface area contributed by atoms with E-state index in [9.17, 15) is 10.1 Å². The number of amides is 1. The molecule has 104 valence electrons. The van der Waals surface area contributed by atoms with Crippen molar-refractivity contribution in [3.05, 3.63) is 70.8 Å². The fourth-order valence-electron chi connectivity index (χ4n) is 1.96. The van der Waals surface area contributed by atoms with Gasteiger partial charge in [-0.25, -0.2) is 0 Å². The average molecular weight is 276 g/mol. The predicted octanol–water partition coefficient (Wildman–Crippen LogP) is 3.85. The van der Waals surface area contributed by atoms with Crippen LogP contribution in [0.15, 0.2) is 54.1 Å². The molecule has 0 bridgehead atoms. The minimum Gasteiger partial charge on any atom is -0.321 e. The van der Waals surface area contributed by atoms with Crippen LogP contribution in [0.1, 0.15) is 16.7 Å². The van der Waals surface area contributed by atoms with Gasteiger partial charge in [0.25, 0.3) is 5.91 Å². The fourth-order valence-corrected chi connectivity index (χ4v) is 1.96. The molecule has 2 aromatic carbocycles. The molecule has 3 nitrogen and oxygen atoms in total. The van der Waals surface area contributed by atoms with Gasteiger partial charge in [0.2, 0.25) is 0 Å². The first-order valence-corrected chi connectivity index (χ1v) is 6.66. The first kappa shape index (κ1) is 14.5. The van der Waals surface area contributed by atoms with E-state index in [-0.39, 0.29) is 5.57 Å². The Morgan fingerprint density at radius 2 is 1.67 bits per heavy atom. The molecule has 0 radical (unpaired) electrons. The van der Waals surface area contributed by atoms with Gasteiger partial charge in [0, 0.05) is 5.69 Å². The lowest BCUT2D eigenvalue weighted by molar-refractivity contribution is -0.112. The molecular weight excluding hydrogens is 260 g/mol. The van der Waals surface area contributed by atoms with E-state index in [4.69, 9.17) is 0 Å².